The van der Waals surface area contributed by atoms with Crippen LogP contribution in [0.25, 0.3) is 16.9 Å². The number of hydrogen-bond acceptors (Lipinski definition) is 6. The van der Waals surface area contributed by atoms with Crippen LogP contribution in [-0.4, -0.2) is 65.9 Å². The molecule has 0 unspecified atom stereocenters. The van der Waals surface area contributed by atoms with Gasteiger partial charge >= 0.3 is 12.0 Å². The van der Waals surface area contributed by atoms with E-state index in [4.69, 9.17) is 14.6 Å². The van der Waals surface area contributed by atoms with Crippen LogP contribution in [0.2, 0.25) is 0 Å². The van der Waals surface area contributed by atoms with Gasteiger partial charge in [0.05, 0.1) is 25.1 Å². The van der Waals surface area contributed by atoms with Crippen LogP contribution in [0.4, 0.5) is 10.6 Å². The van der Waals surface area contributed by atoms with Crippen LogP contribution in [0.15, 0.2) is 60.7 Å². The Labute approximate surface area is 210 Å². The number of benzene rings is 2. The summed E-state index contributed by atoms with van der Waals surface area (Å²) in [6, 6.07) is 18.2. The number of ether oxygens (including phenoxy) is 2. The summed E-state index contributed by atoms with van der Waals surface area (Å²) >= 11 is 0. The first-order chi connectivity index (χ1) is 17.4. The van der Waals surface area contributed by atoms with Crippen molar-refractivity contribution in [1.29, 1.82) is 0 Å². The molecule has 0 aliphatic carbocycles. The molecule has 3 amide bonds. The van der Waals surface area contributed by atoms with Crippen molar-refractivity contribution in [3.05, 3.63) is 60.7 Å². The van der Waals surface area contributed by atoms with Gasteiger partial charge in [0.1, 0.15) is 24.7 Å². The summed E-state index contributed by atoms with van der Waals surface area (Å²) in [6.07, 6.45) is 0.641. The molecule has 3 aromatic rings. The fourth-order valence-electron chi connectivity index (χ4n) is 3.49. The normalized spacial score (nSPS) is 10.4. The Morgan fingerprint density at radius 3 is 2.39 bits per heavy atom. The quantitative estimate of drug-likeness (QED) is 0.395. The first-order valence-corrected chi connectivity index (χ1v) is 11.7. The zero-order valence-corrected chi connectivity index (χ0v) is 20.7. The van der Waals surface area contributed by atoms with Crippen LogP contribution in [0.5, 0.6) is 5.75 Å². The molecule has 0 aliphatic rings. The van der Waals surface area contributed by atoms with Gasteiger partial charge in [-0.3, -0.25) is 9.59 Å². The third-order valence-corrected chi connectivity index (χ3v) is 5.17. The third kappa shape index (κ3) is 7.08. The van der Waals surface area contributed by atoms with E-state index in [0.717, 1.165) is 11.3 Å². The first kappa shape index (κ1) is 26.3. The lowest BCUT2D eigenvalue weighted by Crippen LogP contribution is -2.46. The zero-order valence-electron chi connectivity index (χ0n) is 20.7. The molecule has 1 aromatic heterocycles. The molecule has 0 aliphatic heterocycles. The largest absolute Gasteiger partial charge is 0.497 e. The minimum Gasteiger partial charge on any atom is -0.497 e. The smallest absolute Gasteiger partial charge is 0.325 e. The van der Waals surface area contributed by atoms with Gasteiger partial charge in [0, 0.05) is 18.2 Å². The minimum absolute atomic E-state index is 0.197. The van der Waals surface area contributed by atoms with E-state index >= 15 is 0 Å². The zero-order chi connectivity index (χ0) is 25.9. The molecule has 0 bridgehead atoms. The summed E-state index contributed by atoms with van der Waals surface area (Å²) in [4.78, 5) is 38.5. The van der Waals surface area contributed by atoms with Gasteiger partial charge in [0.2, 0.25) is 5.91 Å². The predicted octanol–water partition coefficient (Wildman–Crippen LogP) is 3.47. The van der Waals surface area contributed by atoms with Crippen molar-refractivity contribution in [2.45, 2.75) is 20.3 Å². The van der Waals surface area contributed by atoms with Crippen molar-refractivity contribution in [2.24, 2.45) is 0 Å². The van der Waals surface area contributed by atoms with Crippen molar-refractivity contribution in [1.82, 2.24) is 20.0 Å². The first-order valence-electron chi connectivity index (χ1n) is 11.7. The Bertz CT molecular complexity index is 1160. The summed E-state index contributed by atoms with van der Waals surface area (Å²) in [7, 11) is 1.59. The van der Waals surface area contributed by atoms with E-state index in [2.05, 4.69) is 10.6 Å². The SMILES string of the molecule is CCCN(CC(=O)Nc1cc(-c2ccccc2)nn1-c1ccc(OC)cc1)C(=O)NCC(=O)OCC. The minimum atomic E-state index is -0.538. The van der Waals surface area contributed by atoms with E-state index < -0.39 is 17.9 Å². The standard InChI is InChI=1S/C26H31N5O5/c1-4-15-30(26(34)27-17-25(33)36-5-2)18-24(32)28-23-16-22(19-9-7-6-8-10-19)29-31(23)20-11-13-21(35-3)14-12-20/h6-14,16H,4-5,15,17-18H2,1-3H3,(H,27,34)(H,28,32). The number of hydrogen-bond donors (Lipinski definition) is 2. The van der Waals surface area contributed by atoms with E-state index in [1.807, 2.05) is 61.5 Å². The molecule has 0 atom stereocenters. The van der Waals surface area contributed by atoms with Gasteiger partial charge in [-0.25, -0.2) is 9.48 Å². The number of rotatable bonds is 11. The number of carbonyl (C=O) groups excluding carboxylic acids is 3. The lowest BCUT2D eigenvalue weighted by Gasteiger charge is -2.22. The third-order valence-electron chi connectivity index (χ3n) is 5.17. The van der Waals surface area contributed by atoms with Crippen LogP contribution in [0, 0.1) is 0 Å². The molecule has 190 valence electrons. The van der Waals surface area contributed by atoms with Crippen LogP contribution in [0.3, 0.4) is 0 Å². The predicted molar refractivity (Wildman–Crippen MR) is 136 cm³/mol. The second-order valence-corrected chi connectivity index (χ2v) is 7.82. The fourth-order valence-corrected chi connectivity index (χ4v) is 3.49. The summed E-state index contributed by atoms with van der Waals surface area (Å²) in [5.74, 6) is 0.212. The lowest BCUT2D eigenvalue weighted by molar-refractivity contribution is -0.141. The number of nitrogens with zero attached hydrogens (tertiary/aromatic N) is 3. The molecule has 0 saturated heterocycles. The number of urea groups is 1. The summed E-state index contributed by atoms with van der Waals surface area (Å²) < 4.78 is 11.7. The maximum atomic E-state index is 13.0. The molecule has 0 saturated carbocycles. The van der Waals surface area contributed by atoms with Crippen molar-refractivity contribution in [2.75, 3.05) is 38.7 Å². The summed E-state index contributed by atoms with van der Waals surface area (Å²) in [5.41, 5.74) is 2.30. The fraction of sp³-hybridized carbons (Fsp3) is 0.308. The van der Waals surface area contributed by atoms with Crippen molar-refractivity contribution >= 4 is 23.7 Å². The molecular weight excluding hydrogens is 462 g/mol. The molecular formula is C26H31N5O5. The Morgan fingerprint density at radius 2 is 1.75 bits per heavy atom. The van der Waals surface area contributed by atoms with E-state index in [1.54, 1.807) is 24.8 Å². The summed E-state index contributed by atoms with van der Waals surface area (Å²) in [6.45, 7) is 3.69. The van der Waals surface area contributed by atoms with E-state index in [0.29, 0.717) is 30.2 Å². The van der Waals surface area contributed by atoms with Gasteiger partial charge in [-0.05, 0) is 37.6 Å². The topological polar surface area (TPSA) is 115 Å². The average Bonchev–Trinajstić information content (AvgIpc) is 3.31. The van der Waals surface area contributed by atoms with Crippen molar-refractivity contribution < 1.29 is 23.9 Å². The van der Waals surface area contributed by atoms with Gasteiger partial charge < -0.3 is 25.0 Å². The molecule has 0 spiro atoms. The number of anilines is 1. The van der Waals surface area contributed by atoms with Gasteiger partial charge in [0.25, 0.3) is 0 Å². The highest BCUT2D eigenvalue weighted by atomic mass is 16.5. The number of amides is 3. The van der Waals surface area contributed by atoms with Crippen LogP contribution in [0.1, 0.15) is 20.3 Å². The maximum absolute atomic E-state index is 13.0. The van der Waals surface area contributed by atoms with Gasteiger partial charge in [-0.15, -0.1) is 0 Å². The number of esters is 1. The molecule has 10 nitrogen and oxygen atoms in total. The van der Waals surface area contributed by atoms with Crippen LogP contribution in [-0.2, 0) is 14.3 Å². The highest BCUT2D eigenvalue weighted by Gasteiger charge is 2.20. The molecule has 3 rings (SSSR count). The Morgan fingerprint density at radius 1 is 1.03 bits per heavy atom. The van der Waals surface area contributed by atoms with E-state index in [-0.39, 0.29) is 19.7 Å². The number of methoxy groups -OCH3 is 1. The lowest BCUT2D eigenvalue weighted by atomic mass is 10.1. The highest BCUT2D eigenvalue weighted by Crippen LogP contribution is 2.25. The Hall–Kier alpha value is -4.34. The monoisotopic (exact) mass is 493 g/mol. The van der Waals surface area contributed by atoms with Gasteiger partial charge in [0.15, 0.2) is 0 Å². The highest BCUT2D eigenvalue weighted by molar-refractivity contribution is 5.94. The molecule has 10 heteroatoms. The molecule has 2 aromatic carbocycles. The molecule has 0 radical (unpaired) electrons. The van der Waals surface area contributed by atoms with Gasteiger partial charge in [-0.2, -0.15) is 5.10 Å². The number of carbonyl (C=O) groups is 3. The second kappa shape index (κ2) is 12.9. The Kier molecular flexibility index (Phi) is 9.44. The van der Waals surface area contributed by atoms with Gasteiger partial charge in [-0.1, -0.05) is 37.3 Å². The van der Waals surface area contributed by atoms with Crippen molar-refractivity contribution in [3.8, 4) is 22.7 Å². The molecule has 1 heterocycles. The van der Waals surface area contributed by atoms with Crippen LogP contribution < -0.4 is 15.4 Å². The van der Waals surface area contributed by atoms with Crippen molar-refractivity contribution in [3.63, 3.8) is 0 Å². The van der Waals surface area contributed by atoms with E-state index in [9.17, 15) is 14.4 Å². The van der Waals surface area contributed by atoms with Crippen LogP contribution >= 0.6 is 0 Å². The number of aromatic nitrogens is 2. The maximum Gasteiger partial charge on any atom is 0.325 e. The molecule has 36 heavy (non-hydrogen) atoms. The second-order valence-electron chi connectivity index (χ2n) is 7.82. The average molecular weight is 494 g/mol. The van der Waals surface area contributed by atoms with E-state index in [1.165, 1.54) is 4.90 Å². The Balaban J connectivity index is 1.79. The molecule has 2 N–H and O–H groups in total. The molecule has 0 fully saturated rings. The summed E-state index contributed by atoms with van der Waals surface area (Å²) in [5, 5.41) is 10.1. The number of nitrogens with one attached hydrogen (secondary N) is 2.